The van der Waals surface area contributed by atoms with E-state index in [4.69, 9.17) is 5.26 Å². The number of hydrogen-bond donors (Lipinski definition) is 1. The van der Waals surface area contributed by atoms with Crippen LogP contribution >= 0.6 is 11.8 Å². The van der Waals surface area contributed by atoms with Gasteiger partial charge in [0.15, 0.2) is 0 Å². The molecule has 1 aromatic carbocycles. The van der Waals surface area contributed by atoms with Gasteiger partial charge in [0.05, 0.1) is 23.9 Å². The van der Waals surface area contributed by atoms with Gasteiger partial charge in [-0.2, -0.15) is 5.26 Å². The van der Waals surface area contributed by atoms with E-state index in [9.17, 15) is 5.11 Å². The van der Waals surface area contributed by atoms with Crippen molar-refractivity contribution in [3.8, 4) is 6.07 Å². The van der Waals surface area contributed by atoms with Crippen molar-refractivity contribution in [1.82, 2.24) is 9.97 Å². The average Bonchev–Trinajstić information content (AvgIpc) is 2.39. The normalized spacial score (nSPS) is 11.8. The molecule has 0 aliphatic heterocycles. The van der Waals surface area contributed by atoms with Crippen LogP contribution in [0.2, 0.25) is 0 Å². The van der Waals surface area contributed by atoms with Gasteiger partial charge in [0.25, 0.3) is 0 Å². The number of hydrogen-bond acceptors (Lipinski definition) is 5. The van der Waals surface area contributed by atoms with E-state index in [1.165, 1.54) is 11.8 Å². The van der Waals surface area contributed by atoms with E-state index < -0.39 is 6.10 Å². The van der Waals surface area contributed by atoms with Crippen molar-refractivity contribution in [3.05, 3.63) is 47.9 Å². The molecule has 0 fully saturated rings. The van der Waals surface area contributed by atoms with Crippen LogP contribution in [0.1, 0.15) is 24.2 Å². The Bertz CT molecular complexity index is 579. The molecule has 2 rings (SSSR count). The van der Waals surface area contributed by atoms with E-state index in [0.29, 0.717) is 5.56 Å². The maximum absolute atomic E-state index is 9.71. The Morgan fingerprint density at radius 2 is 2.22 bits per heavy atom. The summed E-state index contributed by atoms with van der Waals surface area (Å²) in [6.07, 6.45) is 4.27. The fourth-order valence-electron chi connectivity index (χ4n) is 1.49. The Labute approximate surface area is 109 Å². The molecule has 0 bridgehead atoms. The fourth-order valence-corrected chi connectivity index (χ4v) is 2.48. The summed E-state index contributed by atoms with van der Waals surface area (Å²) in [5, 5.41) is 19.4. The second-order valence-corrected chi connectivity index (χ2v) is 4.75. The highest BCUT2D eigenvalue weighted by Crippen LogP contribution is 2.32. The Kier molecular flexibility index (Phi) is 3.92. The first-order valence-corrected chi connectivity index (χ1v) is 6.18. The summed E-state index contributed by atoms with van der Waals surface area (Å²) in [5.74, 6) is 0. The molecular weight excluding hydrogens is 246 g/mol. The van der Waals surface area contributed by atoms with Crippen molar-refractivity contribution in [2.24, 2.45) is 0 Å². The molecule has 90 valence electrons. The molecule has 0 unspecified atom stereocenters. The van der Waals surface area contributed by atoms with E-state index in [-0.39, 0.29) is 0 Å². The van der Waals surface area contributed by atoms with Crippen molar-refractivity contribution in [3.63, 3.8) is 0 Å². The number of nitriles is 1. The first-order valence-electron chi connectivity index (χ1n) is 5.36. The van der Waals surface area contributed by atoms with Gasteiger partial charge in [0.1, 0.15) is 5.03 Å². The number of nitrogens with zero attached hydrogens (tertiary/aromatic N) is 3. The number of aliphatic hydroxyl groups excluding tert-OH is 1. The minimum Gasteiger partial charge on any atom is -0.389 e. The molecule has 0 radical (unpaired) electrons. The summed E-state index contributed by atoms with van der Waals surface area (Å²) < 4.78 is 0. The summed E-state index contributed by atoms with van der Waals surface area (Å²) in [5.41, 5.74) is 1.34. The van der Waals surface area contributed by atoms with Gasteiger partial charge in [-0.15, -0.1) is 0 Å². The average molecular weight is 257 g/mol. The third-order valence-electron chi connectivity index (χ3n) is 2.35. The van der Waals surface area contributed by atoms with Crippen molar-refractivity contribution in [2.45, 2.75) is 22.9 Å². The summed E-state index contributed by atoms with van der Waals surface area (Å²) in [7, 11) is 0. The van der Waals surface area contributed by atoms with Gasteiger partial charge in [-0.1, -0.05) is 17.8 Å². The van der Waals surface area contributed by atoms with E-state index in [1.54, 1.807) is 43.7 Å². The third-order valence-corrected chi connectivity index (χ3v) is 3.34. The molecule has 4 nitrogen and oxygen atoms in total. The molecule has 0 saturated carbocycles. The summed E-state index contributed by atoms with van der Waals surface area (Å²) in [6, 6.07) is 7.30. The van der Waals surface area contributed by atoms with Gasteiger partial charge in [0.2, 0.25) is 0 Å². The van der Waals surface area contributed by atoms with Gasteiger partial charge in [-0.25, -0.2) is 4.98 Å². The molecule has 5 heteroatoms. The zero-order valence-electron chi connectivity index (χ0n) is 9.74. The first kappa shape index (κ1) is 12.6. The van der Waals surface area contributed by atoms with Crippen molar-refractivity contribution >= 4 is 11.8 Å². The number of aliphatic hydroxyl groups is 1. The molecule has 1 N–H and O–H groups in total. The number of benzene rings is 1. The lowest BCUT2D eigenvalue weighted by Crippen LogP contribution is -1.95. The predicted octanol–water partition coefficient (Wildman–Crippen LogP) is 2.55. The highest BCUT2D eigenvalue weighted by Gasteiger charge is 2.11. The fraction of sp³-hybridized carbons (Fsp3) is 0.154. The van der Waals surface area contributed by atoms with Crippen LogP contribution in [0.15, 0.2) is 46.7 Å². The molecule has 0 aliphatic carbocycles. The molecular formula is C13H11N3OS. The van der Waals surface area contributed by atoms with Crippen LogP contribution < -0.4 is 0 Å². The highest BCUT2D eigenvalue weighted by atomic mass is 32.2. The molecule has 18 heavy (non-hydrogen) atoms. The Morgan fingerprint density at radius 1 is 1.39 bits per heavy atom. The molecule has 0 aliphatic rings. The van der Waals surface area contributed by atoms with Crippen LogP contribution in [-0.2, 0) is 0 Å². The lowest BCUT2D eigenvalue weighted by atomic mass is 10.1. The smallest absolute Gasteiger partial charge is 0.119 e. The second kappa shape index (κ2) is 5.63. The van der Waals surface area contributed by atoms with Crippen LogP contribution in [0.25, 0.3) is 0 Å². The summed E-state index contributed by atoms with van der Waals surface area (Å²) in [6.45, 7) is 1.70. The Hall–Kier alpha value is -1.90. The summed E-state index contributed by atoms with van der Waals surface area (Å²) >= 11 is 1.39. The Morgan fingerprint density at radius 3 is 2.83 bits per heavy atom. The molecule has 0 amide bonds. The minimum atomic E-state index is -0.586. The molecule has 1 atom stereocenters. The largest absolute Gasteiger partial charge is 0.389 e. The number of aromatic nitrogens is 2. The molecule has 0 saturated heterocycles. The maximum atomic E-state index is 9.71. The zero-order chi connectivity index (χ0) is 13.0. The molecule has 2 aromatic rings. The predicted molar refractivity (Wildman–Crippen MR) is 67.9 cm³/mol. The highest BCUT2D eigenvalue weighted by molar-refractivity contribution is 7.99. The quantitative estimate of drug-likeness (QED) is 0.915. The van der Waals surface area contributed by atoms with E-state index in [1.807, 2.05) is 0 Å². The van der Waals surface area contributed by atoms with Crippen LogP contribution in [0.4, 0.5) is 0 Å². The summed E-state index contributed by atoms with van der Waals surface area (Å²) in [4.78, 5) is 8.98. The molecule has 0 spiro atoms. The van der Waals surface area contributed by atoms with Gasteiger partial charge < -0.3 is 5.11 Å². The minimum absolute atomic E-state index is 0.561. The van der Waals surface area contributed by atoms with E-state index in [0.717, 1.165) is 15.5 Å². The van der Waals surface area contributed by atoms with Crippen molar-refractivity contribution < 1.29 is 5.11 Å². The van der Waals surface area contributed by atoms with E-state index >= 15 is 0 Å². The molecule has 1 aromatic heterocycles. The molecule has 1 heterocycles. The van der Waals surface area contributed by atoms with Crippen LogP contribution in [0.5, 0.6) is 0 Å². The third kappa shape index (κ3) is 2.86. The van der Waals surface area contributed by atoms with Crippen LogP contribution in [0, 0.1) is 11.3 Å². The van der Waals surface area contributed by atoms with Crippen molar-refractivity contribution in [2.75, 3.05) is 0 Å². The second-order valence-electron chi connectivity index (χ2n) is 3.69. The lowest BCUT2D eigenvalue weighted by Gasteiger charge is -2.11. The zero-order valence-corrected chi connectivity index (χ0v) is 10.6. The van der Waals surface area contributed by atoms with Gasteiger partial charge >= 0.3 is 0 Å². The van der Waals surface area contributed by atoms with Crippen LogP contribution in [0.3, 0.4) is 0 Å². The lowest BCUT2D eigenvalue weighted by molar-refractivity contribution is 0.196. The van der Waals surface area contributed by atoms with Crippen LogP contribution in [-0.4, -0.2) is 15.1 Å². The first-order chi connectivity index (χ1) is 8.70. The van der Waals surface area contributed by atoms with Gasteiger partial charge in [-0.3, -0.25) is 4.98 Å². The Balaban J connectivity index is 2.39. The topological polar surface area (TPSA) is 69.8 Å². The van der Waals surface area contributed by atoms with Gasteiger partial charge in [-0.05, 0) is 24.6 Å². The maximum Gasteiger partial charge on any atom is 0.119 e. The monoisotopic (exact) mass is 257 g/mol. The number of rotatable bonds is 3. The van der Waals surface area contributed by atoms with E-state index in [2.05, 4.69) is 16.0 Å². The standard InChI is InChI=1S/C13H11N3OS/c1-9(17)11-3-2-10(7-14)6-12(11)18-13-8-15-4-5-16-13/h2-6,8-9,17H,1H3/t9-/m1/s1. The van der Waals surface area contributed by atoms with Crippen molar-refractivity contribution in [1.29, 1.82) is 5.26 Å². The van der Waals surface area contributed by atoms with Gasteiger partial charge in [0, 0.05) is 17.3 Å². The SMILES string of the molecule is C[C@@H](O)c1ccc(C#N)cc1Sc1cnccn1.